The van der Waals surface area contributed by atoms with E-state index in [0.29, 0.717) is 5.84 Å². The van der Waals surface area contributed by atoms with E-state index in [1.54, 1.807) is 20.8 Å². The second-order valence-corrected chi connectivity index (χ2v) is 10.8. The van der Waals surface area contributed by atoms with Crippen LogP contribution in [0.25, 0.3) is 11.1 Å². The van der Waals surface area contributed by atoms with Gasteiger partial charge in [0.2, 0.25) is 0 Å². The fourth-order valence-electron chi connectivity index (χ4n) is 4.53. The molecule has 1 fully saturated rings. The molecule has 0 unspecified atom stereocenters. The molecule has 3 rings (SSSR count). The number of carbonyl (C=O) groups excluding carboxylic acids is 1. The van der Waals surface area contributed by atoms with E-state index in [0.717, 1.165) is 30.1 Å². The van der Waals surface area contributed by atoms with Crippen LogP contribution in [0.4, 0.5) is 0 Å². The molecule has 6 nitrogen and oxygen atoms in total. The number of esters is 1. The molecule has 1 saturated carbocycles. The topological polar surface area (TPSA) is 89.1 Å². The van der Waals surface area contributed by atoms with Gasteiger partial charge in [0.25, 0.3) is 0 Å². The van der Waals surface area contributed by atoms with E-state index in [1.165, 1.54) is 61.6 Å². The summed E-state index contributed by atoms with van der Waals surface area (Å²) in [7, 11) is 0. The molecule has 1 aliphatic carbocycles. The highest BCUT2D eigenvalue weighted by Gasteiger charge is 2.22. The highest BCUT2D eigenvalue weighted by molar-refractivity contribution is 6.01. The summed E-state index contributed by atoms with van der Waals surface area (Å²) < 4.78 is 5.09. The fourth-order valence-corrected chi connectivity index (χ4v) is 4.53. The number of benzene rings is 2. The molecule has 0 aliphatic heterocycles. The lowest BCUT2D eigenvalue weighted by Gasteiger charge is -2.21. The minimum Gasteiger partial charge on any atom is -0.442 e. The maximum atomic E-state index is 11.8. The van der Waals surface area contributed by atoms with Gasteiger partial charge in [-0.3, -0.25) is 4.79 Å². The first kappa shape index (κ1) is 27.6. The standard InChI is InChI=1S/C30H42N4O2/c1-22-17-26(28(31)34-20-33-21-36-29(35)30(2,3)4)13-14-27(22)25-12-8-11-24(18-25)19-32-16-15-23-9-6-5-7-10-23/h8,11-14,17-18,20,23,32H,5-7,9-10,15-16,19,21H2,1-4H3,(H2,31,33,34). The van der Waals surface area contributed by atoms with Crippen molar-refractivity contribution < 1.29 is 9.53 Å². The first-order valence-corrected chi connectivity index (χ1v) is 13.1. The van der Waals surface area contributed by atoms with Crippen molar-refractivity contribution in [3.8, 4) is 11.1 Å². The van der Waals surface area contributed by atoms with Gasteiger partial charge in [-0.15, -0.1) is 0 Å². The molecule has 6 heteroatoms. The predicted molar refractivity (Wildman–Crippen MR) is 149 cm³/mol. The van der Waals surface area contributed by atoms with Crippen molar-refractivity contribution in [3.05, 3.63) is 59.2 Å². The van der Waals surface area contributed by atoms with Crippen molar-refractivity contribution in [3.63, 3.8) is 0 Å². The van der Waals surface area contributed by atoms with E-state index in [-0.39, 0.29) is 12.7 Å². The first-order chi connectivity index (χ1) is 17.2. The van der Waals surface area contributed by atoms with Gasteiger partial charge in [0.05, 0.1) is 5.41 Å². The van der Waals surface area contributed by atoms with Crippen molar-refractivity contribution in [1.29, 1.82) is 0 Å². The lowest BCUT2D eigenvalue weighted by molar-refractivity contribution is -0.152. The molecule has 0 saturated heterocycles. The van der Waals surface area contributed by atoms with Crippen molar-refractivity contribution in [2.24, 2.45) is 27.1 Å². The number of nitrogens with one attached hydrogen (secondary N) is 1. The number of aryl methyl sites for hydroxylation is 1. The Morgan fingerprint density at radius 1 is 1.14 bits per heavy atom. The maximum Gasteiger partial charge on any atom is 0.313 e. The van der Waals surface area contributed by atoms with Crippen molar-refractivity contribution in [1.82, 2.24) is 5.32 Å². The molecular weight excluding hydrogens is 448 g/mol. The Balaban J connectivity index is 1.54. The monoisotopic (exact) mass is 490 g/mol. The predicted octanol–water partition coefficient (Wildman–Crippen LogP) is 6.00. The van der Waals surface area contributed by atoms with Crippen LogP contribution in [-0.2, 0) is 16.1 Å². The van der Waals surface area contributed by atoms with Crippen molar-refractivity contribution >= 4 is 18.1 Å². The van der Waals surface area contributed by atoms with Gasteiger partial charge in [-0.25, -0.2) is 9.98 Å². The minimum absolute atomic E-state index is 0.0728. The van der Waals surface area contributed by atoms with E-state index in [2.05, 4.69) is 52.6 Å². The largest absolute Gasteiger partial charge is 0.442 e. The second kappa shape index (κ2) is 13.4. The molecule has 0 atom stereocenters. The molecule has 36 heavy (non-hydrogen) atoms. The van der Waals surface area contributed by atoms with Gasteiger partial charge >= 0.3 is 5.97 Å². The Labute approximate surface area is 216 Å². The number of nitrogens with zero attached hydrogens (tertiary/aromatic N) is 2. The molecule has 0 bridgehead atoms. The zero-order valence-corrected chi connectivity index (χ0v) is 22.3. The summed E-state index contributed by atoms with van der Waals surface area (Å²) in [6, 6.07) is 14.8. The number of ether oxygens (including phenoxy) is 1. The average molecular weight is 491 g/mol. The zero-order chi connectivity index (χ0) is 26.0. The smallest absolute Gasteiger partial charge is 0.313 e. The lowest BCUT2D eigenvalue weighted by atomic mass is 9.87. The molecule has 1 aliphatic rings. The molecule has 3 N–H and O–H groups in total. The third-order valence-corrected chi connectivity index (χ3v) is 6.70. The molecule has 0 spiro atoms. The Bertz CT molecular complexity index is 1060. The van der Waals surface area contributed by atoms with E-state index in [9.17, 15) is 4.79 Å². The van der Waals surface area contributed by atoms with Gasteiger partial charge in [-0.2, -0.15) is 0 Å². The van der Waals surface area contributed by atoms with Crippen molar-refractivity contribution in [2.45, 2.75) is 72.8 Å². The normalized spacial score (nSPS) is 15.4. The average Bonchev–Trinajstić information content (AvgIpc) is 2.86. The van der Waals surface area contributed by atoms with Crippen LogP contribution >= 0.6 is 0 Å². The van der Waals surface area contributed by atoms with Crippen molar-refractivity contribution in [2.75, 3.05) is 13.3 Å². The number of hydrogen-bond acceptors (Lipinski definition) is 4. The number of amidine groups is 1. The summed E-state index contributed by atoms with van der Waals surface area (Å²) >= 11 is 0. The third kappa shape index (κ3) is 8.59. The number of nitrogens with two attached hydrogens (primary N) is 1. The summed E-state index contributed by atoms with van der Waals surface area (Å²) in [4.78, 5) is 19.9. The Kier molecular flexibility index (Phi) is 10.2. The van der Waals surface area contributed by atoms with E-state index >= 15 is 0 Å². The number of rotatable bonds is 10. The fraction of sp³-hybridized carbons (Fsp3) is 0.500. The van der Waals surface area contributed by atoms with Crippen LogP contribution in [-0.4, -0.2) is 31.4 Å². The minimum atomic E-state index is -0.554. The van der Waals surface area contributed by atoms with Crippen LogP contribution in [0.5, 0.6) is 0 Å². The summed E-state index contributed by atoms with van der Waals surface area (Å²) in [5, 5.41) is 3.64. The van der Waals surface area contributed by atoms with Gasteiger partial charge in [0.1, 0.15) is 12.2 Å². The summed E-state index contributed by atoms with van der Waals surface area (Å²) in [6.07, 6.45) is 9.66. The zero-order valence-electron chi connectivity index (χ0n) is 22.3. The molecule has 2 aromatic carbocycles. The molecule has 194 valence electrons. The maximum absolute atomic E-state index is 11.8. The summed E-state index contributed by atoms with van der Waals surface area (Å²) in [5.41, 5.74) is 11.2. The quantitative estimate of drug-likeness (QED) is 0.185. The van der Waals surface area contributed by atoms with Gasteiger partial charge < -0.3 is 15.8 Å². The van der Waals surface area contributed by atoms with E-state index in [1.807, 2.05) is 12.1 Å². The van der Waals surface area contributed by atoms with E-state index < -0.39 is 5.41 Å². The Morgan fingerprint density at radius 3 is 2.64 bits per heavy atom. The molecular formula is C30H42N4O2. The molecule has 0 aromatic heterocycles. The SMILES string of the molecule is Cc1cc(C(N)=N/C=N/COC(=O)C(C)(C)C)ccc1-c1cccc(CNCCC2CCCCC2)c1. The summed E-state index contributed by atoms with van der Waals surface area (Å²) in [5.74, 6) is 0.973. The van der Waals surface area contributed by atoms with Crippen LogP contribution in [0.2, 0.25) is 0 Å². The highest BCUT2D eigenvalue weighted by atomic mass is 16.5. The first-order valence-electron chi connectivity index (χ1n) is 13.1. The lowest BCUT2D eigenvalue weighted by Crippen LogP contribution is -2.22. The van der Waals surface area contributed by atoms with Gasteiger partial charge in [0.15, 0.2) is 6.73 Å². The number of hydrogen-bond donors (Lipinski definition) is 2. The molecule has 0 amide bonds. The number of carbonyl (C=O) groups is 1. The highest BCUT2D eigenvalue weighted by Crippen LogP contribution is 2.27. The summed E-state index contributed by atoms with van der Waals surface area (Å²) in [6.45, 7) is 9.39. The van der Waals surface area contributed by atoms with Gasteiger partial charge in [-0.05, 0) is 81.0 Å². The van der Waals surface area contributed by atoms with Gasteiger partial charge in [-0.1, -0.05) is 62.4 Å². The third-order valence-electron chi connectivity index (χ3n) is 6.70. The molecule has 0 radical (unpaired) electrons. The molecule has 0 heterocycles. The van der Waals surface area contributed by atoms with Crippen LogP contribution < -0.4 is 11.1 Å². The van der Waals surface area contributed by atoms with Crippen LogP contribution in [0.3, 0.4) is 0 Å². The Hall–Kier alpha value is -2.99. The Morgan fingerprint density at radius 2 is 1.92 bits per heavy atom. The molecule has 2 aromatic rings. The van der Waals surface area contributed by atoms with E-state index in [4.69, 9.17) is 10.5 Å². The number of aliphatic imine (C=N–C) groups is 2. The van der Waals surface area contributed by atoms with Crippen LogP contribution in [0.1, 0.15) is 76.0 Å². The van der Waals surface area contributed by atoms with Gasteiger partial charge in [0, 0.05) is 12.1 Å². The van der Waals surface area contributed by atoms with Crippen LogP contribution in [0, 0.1) is 18.3 Å². The van der Waals surface area contributed by atoms with Crippen LogP contribution in [0.15, 0.2) is 52.4 Å². The second-order valence-electron chi connectivity index (χ2n) is 10.8.